The fourth-order valence-electron chi connectivity index (χ4n) is 3.90. The summed E-state index contributed by atoms with van der Waals surface area (Å²) < 4.78 is 2.09. The van der Waals surface area contributed by atoms with Gasteiger partial charge in [-0.05, 0) is 49.9 Å². The second kappa shape index (κ2) is 8.99. The molecule has 0 saturated carbocycles. The highest BCUT2D eigenvalue weighted by atomic mass is 35.5. The van der Waals surface area contributed by atoms with Crippen molar-refractivity contribution in [3.8, 4) is 0 Å². The first-order valence-corrected chi connectivity index (χ1v) is 10.5. The summed E-state index contributed by atoms with van der Waals surface area (Å²) in [6.45, 7) is 12.7. The molecule has 0 atom stereocenters. The average molecular weight is 403 g/mol. The minimum atomic E-state index is 0.237. The molecular formula is C22H31ClN4O. The van der Waals surface area contributed by atoms with Crippen molar-refractivity contribution in [2.45, 2.75) is 47.1 Å². The van der Waals surface area contributed by atoms with E-state index in [1.54, 1.807) is 0 Å². The summed E-state index contributed by atoms with van der Waals surface area (Å²) in [5.41, 5.74) is 4.61. The van der Waals surface area contributed by atoms with Crippen LogP contribution in [-0.2, 0) is 17.8 Å². The highest BCUT2D eigenvalue weighted by Crippen LogP contribution is 2.21. The summed E-state index contributed by atoms with van der Waals surface area (Å²) in [6.07, 6.45) is 1.31. The molecule has 1 saturated heterocycles. The van der Waals surface area contributed by atoms with Crippen molar-refractivity contribution >= 4 is 23.2 Å². The van der Waals surface area contributed by atoms with E-state index in [1.165, 1.54) is 11.3 Å². The van der Waals surface area contributed by atoms with Crippen molar-refractivity contribution in [3.63, 3.8) is 0 Å². The van der Waals surface area contributed by atoms with Crippen LogP contribution in [0.4, 0.5) is 5.69 Å². The van der Waals surface area contributed by atoms with Gasteiger partial charge in [0.2, 0.25) is 5.91 Å². The van der Waals surface area contributed by atoms with Crippen LogP contribution in [0.15, 0.2) is 24.3 Å². The Bertz CT molecular complexity index is 822. The largest absolute Gasteiger partial charge is 0.368 e. The molecule has 2 heterocycles. The van der Waals surface area contributed by atoms with E-state index in [2.05, 4.69) is 41.5 Å². The van der Waals surface area contributed by atoms with Crippen LogP contribution in [0.1, 0.15) is 37.2 Å². The Hall–Kier alpha value is -2.01. The van der Waals surface area contributed by atoms with E-state index in [9.17, 15) is 4.79 Å². The lowest BCUT2D eigenvalue weighted by molar-refractivity contribution is -0.131. The van der Waals surface area contributed by atoms with Crippen molar-refractivity contribution < 1.29 is 4.79 Å². The van der Waals surface area contributed by atoms with Gasteiger partial charge in [0.15, 0.2) is 0 Å². The molecule has 5 nitrogen and oxygen atoms in total. The normalized spacial score (nSPS) is 14.8. The van der Waals surface area contributed by atoms with Crippen LogP contribution in [-0.4, -0.2) is 46.8 Å². The van der Waals surface area contributed by atoms with Gasteiger partial charge in [-0.1, -0.05) is 31.5 Å². The van der Waals surface area contributed by atoms with Crippen molar-refractivity contribution in [2.24, 2.45) is 5.92 Å². The molecule has 2 aromatic rings. The first-order valence-electron chi connectivity index (χ1n) is 10.2. The van der Waals surface area contributed by atoms with E-state index in [0.717, 1.165) is 55.5 Å². The number of hydrogen-bond acceptors (Lipinski definition) is 3. The van der Waals surface area contributed by atoms with Gasteiger partial charge >= 0.3 is 0 Å². The molecule has 6 heteroatoms. The van der Waals surface area contributed by atoms with E-state index in [1.807, 2.05) is 30.0 Å². The molecule has 3 rings (SSSR count). The number of aryl methyl sites for hydroxylation is 1. The second-order valence-electron chi connectivity index (χ2n) is 8.07. The Morgan fingerprint density at radius 2 is 1.89 bits per heavy atom. The summed E-state index contributed by atoms with van der Waals surface area (Å²) >= 11 is 6.10. The summed E-state index contributed by atoms with van der Waals surface area (Å²) in [7, 11) is 0. The third kappa shape index (κ3) is 4.88. The molecule has 152 valence electrons. The smallest absolute Gasteiger partial charge is 0.223 e. The molecule has 0 radical (unpaired) electrons. The van der Waals surface area contributed by atoms with Gasteiger partial charge < -0.3 is 9.80 Å². The maximum absolute atomic E-state index is 12.7. The zero-order chi connectivity index (χ0) is 20.3. The number of hydrogen-bond donors (Lipinski definition) is 0. The molecule has 1 aliphatic rings. The predicted octanol–water partition coefficient (Wildman–Crippen LogP) is 4.09. The van der Waals surface area contributed by atoms with Gasteiger partial charge in [-0.2, -0.15) is 5.10 Å². The van der Waals surface area contributed by atoms with Crippen molar-refractivity contribution in [1.29, 1.82) is 0 Å². The fourth-order valence-corrected chi connectivity index (χ4v) is 4.08. The number of carbonyl (C=O) groups excluding carboxylic acids is 1. The van der Waals surface area contributed by atoms with Gasteiger partial charge in [0.05, 0.1) is 5.69 Å². The molecule has 1 amide bonds. The molecule has 28 heavy (non-hydrogen) atoms. The lowest BCUT2D eigenvalue weighted by Gasteiger charge is -2.36. The van der Waals surface area contributed by atoms with Crippen LogP contribution in [0.25, 0.3) is 0 Å². The third-order valence-electron chi connectivity index (χ3n) is 5.46. The van der Waals surface area contributed by atoms with Gasteiger partial charge in [0.1, 0.15) is 0 Å². The summed E-state index contributed by atoms with van der Waals surface area (Å²) in [6, 6.07) is 7.92. The predicted molar refractivity (Wildman–Crippen MR) is 115 cm³/mol. The minimum Gasteiger partial charge on any atom is -0.368 e. The lowest BCUT2D eigenvalue weighted by atomic mass is 10.1. The monoisotopic (exact) mass is 402 g/mol. The second-order valence-corrected chi connectivity index (χ2v) is 8.51. The molecule has 0 unspecified atom stereocenters. The van der Waals surface area contributed by atoms with Crippen LogP contribution in [0.3, 0.4) is 0 Å². The van der Waals surface area contributed by atoms with Gasteiger partial charge in [0, 0.05) is 55.5 Å². The third-order valence-corrected chi connectivity index (χ3v) is 5.70. The highest BCUT2D eigenvalue weighted by molar-refractivity contribution is 6.30. The maximum Gasteiger partial charge on any atom is 0.223 e. The number of nitrogens with zero attached hydrogens (tertiary/aromatic N) is 4. The van der Waals surface area contributed by atoms with E-state index in [0.29, 0.717) is 12.3 Å². The first kappa shape index (κ1) is 20.7. The summed E-state index contributed by atoms with van der Waals surface area (Å²) in [5, 5.41) is 5.42. The maximum atomic E-state index is 12.7. The molecule has 1 aromatic heterocycles. The number of piperazine rings is 1. The van der Waals surface area contributed by atoms with Crippen LogP contribution in [0, 0.1) is 19.8 Å². The van der Waals surface area contributed by atoms with Crippen molar-refractivity contribution in [3.05, 3.63) is 46.2 Å². The molecule has 0 aliphatic carbocycles. The van der Waals surface area contributed by atoms with Gasteiger partial charge in [-0.15, -0.1) is 0 Å². The molecule has 0 spiro atoms. The topological polar surface area (TPSA) is 41.4 Å². The summed E-state index contributed by atoms with van der Waals surface area (Å²) in [5.74, 6) is 0.796. The Labute approximate surface area is 173 Å². The SMILES string of the molecule is Cc1nn(CC(C)C)c(C)c1CCC(=O)N1CCN(c2cccc(Cl)c2)CC1. The Morgan fingerprint density at radius 3 is 2.54 bits per heavy atom. The van der Waals surface area contributed by atoms with Crippen LogP contribution in [0.2, 0.25) is 5.02 Å². The minimum absolute atomic E-state index is 0.237. The number of halogens is 1. The van der Waals surface area contributed by atoms with Gasteiger partial charge in [-0.25, -0.2) is 0 Å². The number of carbonyl (C=O) groups is 1. The summed E-state index contributed by atoms with van der Waals surface area (Å²) in [4.78, 5) is 17.0. The average Bonchev–Trinajstić information content (AvgIpc) is 2.92. The molecule has 0 N–H and O–H groups in total. The van der Waals surface area contributed by atoms with Crippen LogP contribution < -0.4 is 4.90 Å². The number of benzene rings is 1. The van der Waals surface area contributed by atoms with E-state index in [-0.39, 0.29) is 5.91 Å². The van der Waals surface area contributed by atoms with E-state index in [4.69, 9.17) is 11.6 Å². The van der Waals surface area contributed by atoms with Crippen molar-refractivity contribution in [1.82, 2.24) is 14.7 Å². The molecule has 0 bridgehead atoms. The zero-order valence-electron chi connectivity index (χ0n) is 17.4. The van der Waals surface area contributed by atoms with E-state index >= 15 is 0 Å². The number of amides is 1. The Kier molecular flexibility index (Phi) is 6.65. The quantitative estimate of drug-likeness (QED) is 0.730. The molecule has 1 aromatic carbocycles. The van der Waals surface area contributed by atoms with Crippen LogP contribution >= 0.6 is 11.6 Å². The Balaban J connectivity index is 1.53. The first-order chi connectivity index (χ1) is 13.3. The molecule has 1 aliphatic heterocycles. The van der Waals surface area contributed by atoms with E-state index < -0.39 is 0 Å². The van der Waals surface area contributed by atoms with Gasteiger partial charge in [-0.3, -0.25) is 9.48 Å². The lowest BCUT2D eigenvalue weighted by Crippen LogP contribution is -2.48. The fraction of sp³-hybridized carbons (Fsp3) is 0.545. The zero-order valence-corrected chi connectivity index (χ0v) is 18.2. The molecule has 1 fully saturated rings. The number of anilines is 1. The molecular weight excluding hydrogens is 372 g/mol. The highest BCUT2D eigenvalue weighted by Gasteiger charge is 2.22. The number of rotatable bonds is 6. The van der Waals surface area contributed by atoms with Crippen LogP contribution in [0.5, 0.6) is 0 Å². The van der Waals surface area contributed by atoms with Crippen molar-refractivity contribution in [2.75, 3.05) is 31.1 Å². The number of aromatic nitrogens is 2. The standard InChI is InChI=1S/C22H31ClN4O/c1-16(2)15-27-18(4)21(17(3)24-27)8-9-22(28)26-12-10-25(11-13-26)20-7-5-6-19(23)14-20/h5-7,14,16H,8-13,15H2,1-4H3. The van der Waals surface area contributed by atoms with Gasteiger partial charge in [0.25, 0.3) is 0 Å². The Morgan fingerprint density at radius 1 is 1.18 bits per heavy atom.